The van der Waals surface area contributed by atoms with Crippen molar-refractivity contribution in [1.29, 1.82) is 0 Å². The summed E-state index contributed by atoms with van der Waals surface area (Å²) in [5.74, 6) is -0.939. The van der Waals surface area contributed by atoms with Crippen molar-refractivity contribution in [2.75, 3.05) is 32.8 Å². The van der Waals surface area contributed by atoms with E-state index in [-0.39, 0.29) is 24.0 Å². The Balaban J connectivity index is 1.13. The van der Waals surface area contributed by atoms with Crippen LogP contribution in [-0.2, 0) is 10.9 Å². The molecule has 1 aromatic carbocycles. The Morgan fingerprint density at radius 3 is 2.34 bits per heavy atom. The lowest BCUT2D eigenvalue weighted by Gasteiger charge is -2.60. The van der Waals surface area contributed by atoms with E-state index < -0.39 is 29.2 Å². The summed E-state index contributed by atoms with van der Waals surface area (Å²) in [6.45, 7) is 2.23. The van der Waals surface area contributed by atoms with Crippen LogP contribution in [0.25, 0.3) is 0 Å². The first-order chi connectivity index (χ1) is 13.6. The first-order valence-corrected chi connectivity index (χ1v) is 9.44. The summed E-state index contributed by atoms with van der Waals surface area (Å²) in [4.78, 5) is 27.1. The standard InChI is InChI=1S/C19H19F4N3O3/c20-14-3-12(19(21,22)23)1-2-13(14)11-4-17(5-11)6-25(7-17)16(28)26-8-18(9-26)10-29-15(27)24-18/h1-3,11H,4-10H2,(H,24,27). The molecule has 1 aliphatic carbocycles. The third kappa shape index (κ3) is 2.91. The van der Waals surface area contributed by atoms with Crippen molar-refractivity contribution in [3.8, 4) is 0 Å². The van der Waals surface area contributed by atoms with E-state index in [1.54, 1.807) is 9.80 Å². The predicted molar refractivity (Wildman–Crippen MR) is 91.6 cm³/mol. The molecule has 10 heteroatoms. The maximum Gasteiger partial charge on any atom is 0.416 e. The largest absolute Gasteiger partial charge is 0.447 e. The number of benzene rings is 1. The van der Waals surface area contributed by atoms with E-state index >= 15 is 0 Å². The van der Waals surface area contributed by atoms with Crippen LogP contribution in [0.5, 0.6) is 0 Å². The molecule has 0 bridgehead atoms. The Morgan fingerprint density at radius 1 is 1.14 bits per heavy atom. The van der Waals surface area contributed by atoms with Crippen LogP contribution in [0.15, 0.2) is 18.2 Å². The molecule has 156 valence electrons. The SMILES string of the molecule is O=C1NC2(CO1)CN(C(=O)N1CC3(CC(c4ccc(C(F)(F)F)cc4F)C3)C1)C2. The number of carbonyl (C=O) groups is 2. The van der Waals surface area contributed by atoms with Gasteiger partial charge in [0.2, 0.25) is 0 Å². The van der Waals surface area contributed by atoms with Gasteiger partial charge in [0.05, 0.1) is 18.7 Å². The number of hydrogen-bond acceptors (Lipinski definition) is 3. The topological polar surface area (TPSA) is 61.9 Å². The van der Waals surface area contributed by atoms with Crippen LogP contribution in [0.1, 0.15) is 29.9 Å². The number of nitrogens with zero attached hydrogens (tertiary/aromatic N) is 2. The highest BCUT2D eigenvalue weighted by Gasteiger charge is 2.57. The van der Waals surface area contributed by atoms with Gasteiger partial charge in [-0.2, -0.15) is 13.2 Å². The molecule has 4 fully saturated rings. The van der Waals surface area contributed by atoms with E-state index in [0.717, 1.165) is 6.07 Å². The summed E-state index contributed by atoms with van der Waals surface area (Å²) in [6.07, 6.45) is -3.70. The van der Waals surface area contributed by atoms with Gasteiger partial charge in [-0.15, -0.1) is 0 Å². The van der Waals surface area contributed by atoms with Gasteiger partial charge in [-0.3, -0.25) is 0 Å². The summed E-state index contributed by atoms with van der Waals surface area (Å²) in [6, 6.07) is 2.62. The number of nitrogens with one attached hydrogen (secondary N) is 1. The van der Waals surface area contributed by atoms with Crippen molar-refractivity contribution in [3.63, 3.8) is 0 Å². The molecule has 5 rings (SSSR count). The molecule has 3 heterocycles. The average molecular weight is 413 g/mol. The Bertz CT molecular complexity index is 883. The second kappa shape index (κ2) is 5.76. The van der Waals surface area contributed by atoms with Gasteiger partial charge < -0.3 is 19.9 Å². The van der Waals surface area contributed by atoms with Crippen LogP contribution in [-0.4, -0.2) is 60.2 Å². The number of rotatable bonds is 1. The molecule has 2 spiro atoms. The summed E-state index contributed by atoms with van der Waals surface area (Å²) >= 11 is 0. The minimum atomic E-state index is -4.56. The number of amides is 3. The van der Waals surface area contributed by atoms with Gasteiger partial charge >= 0.3 is 18.3 Å². The van der Waals surface area contributed by atoms with Crippen molar-refractivity contribution >= 4 is 12.1 Å². The summed E-state index contributed by atoms with van der Waals surface area (Å²) < 4.78 is 57.1. The number of hydrogen-bond donors (Lipinski definition) is 1. The van der Waals surface area contributed by atoms with Crippen LogP contribution in [0, 0.1) is 11.2 Å². The molecule has 0 unspecified atom stereocenters. The zero-order chi connectivity index (χ0) is 20.6. The Hall–Kier alpha value is -2.52. The zero-order valence-corrected chi connectivity index (χ0v) is 15.4. The number of likely N-dealkylation sites (tertiary alicyclic amines) is 2. The van der Waals surface area contributed by atoms with E-state index in [9.17, 15) is 27.2 Å². The molecule has 1 saturated carbocycles. The van der Waals surface area contributed by atoms with Gasteiger partial charge in [0.1, 0.15) is 18.0 Å². The van der Waals surface area contributed by atoms with Gasteiger partial charge in [-0.05, 0) is 36.5 Å². The highest BCUT2D eigenvalue weighted by Crippen LogP contribution is 2.56. The number of carbonyl (C=O) groups excluding carboxylic acids is 2. The predicted octanol–water partition coefficient (Wildman–Crippen LogP) is 2.94. The molecule has 3 saturated heterocycles. The van der Waals surface area contributed by atoms with E-state index in [1.165, 1.54) is 6.07 Å². The Labute approximate surface area is 163 Å². The van der Waals surface area contributed by atoms with E-state index in [1.807, 2.05) is 0 Å². The molecular formula is C19H19F4N3O3. The van der Waals surface area contributed by atoms with Crippen molar-refractivity contribution in [2.45, 2.75) is 30.5 Å². The minimum Gasteiger partial charge on any atom is -0.447 e. The molecule has 3 amide bonds. The molecular weight excluding hydrogens is 394 g/mol. The smallest absolute Gasteiger partial charge is 0.416 e. The molecule has 0 radical (unpaired) electrons. The lowest BCUT2D eigenvalue weighted by molar-refractivity contribution is -0.137. The number of cyclic esters (lactones) is 1. The molecule has 4 aliphatic rings. The normalized spacial score (nSPS) is 24.6. The highest BCUT2D eigenvalue weighted by molar-refractivity contribution is 5.79. The molecule has 0 aromatic heterocycles. The second-order valence-corrected chi connectivity index (χ2v) is 8.82. The van der Waals surface area contributed by atoms with Crippen molar-refractivity contribution in [3.05, 3.63) is 35.1 Å². The van der Waals surface area contributed by atoms with E-state index in [4.69, 9.17) is 4.74 Å². The van der Waals surface area contributed by atoms with Gasteiger partial charge in [-0.1, -0.05) is 6.07 Å². The highest BCUT2D eigenvalue weighted by atomic mass is 19.4. The Kier molecular flexibility index (Phi) is 3.68. The maximum absolute atomic E-state index is 14.2. The zero-order valence-electron chi connectivity index (χ0n) is 15.4. The Morgan fingerprint density at radius 2 is 1.79 bits per heavy atom. The lowest BCUT2D eigenvalue weighted by Crippen LogP contribution is -2.74. The number of alkyl carbamates (subject to hydrolysis) is 1. The van der Waals surface area contributed by atoms with Crippen LogP contribution in [0.2, 0.25) is 0 Å². The third-order valence-electron chi connectivity index (χ3n) is 6.55. The first-order valence-electron chi connectivity index (χ1n) is 9.44. The number of urea groups is 1. The molecule has 1 N–H and O–H groups in total. The van der Waals surface area contributed by atoms with Gasteiger partial charge in [0.25, 0.3) is 0 Å². The fraction of sp³-hybridized carbons (Fsp3) is 0.579. The first kappa shape index (κ1) is 18.5. The van der Waals surface area contributed by atoms with Gasteiger partial charge in [0.15, 0.2) is 0 Å². The fourth-order valence-electron chi connectivity index (χ4n) is 5.08. The fourth-order valence-corrected chi connectivity index (χ4v) is 5.08. The monoisotopic (exact) mass is 413 g/mol. The van der Waals surface area contributed by atoms with E-state index in [0.29, 0.717) is 50.7 Å². The number of alkyl halides is 3. The van der Waals surface area contributed by atoms with Crippen molar-refractivity contribution < 1.29 is 31.9 Å². The summed E-state index contributed by atoms with van der Waals surface area (Å²) in [7, 11) is 0. The second-order valence-electron chi connectivity index (χ2n) is 8.82. The van der Waals surface area contributed by atoms with Gasteiger partial charge in [-0.25, -0.2) is 14.0 Å². The summed E-state index contributed by atoms with van der Waals surface area (Å²) in [5, 5.41) is 2.73. The van der Waals surface area contributed by atoms with E-state index in [2.05, 4.69) is 5.32 Å². The molecule has 29 heavy (non-hydrogen) atoms. The molecule has 0 atom stereocenters. The molecule has 6 nitrogen and oxygen atoms in total. The number of halogens is 4. The van der Waals surface area contributed by atoms with Crippen LogP contribution >= 0.6 is 0 Å². The third-order valence-corrected chi connectivity index (χ3v) is 6.55. The number of ether oxygens (including phenoxy) is 1. The van der Waals surface area contributed by atoms with Gasteiger partial charge in [0, 0.05) is 18.5 Å². The molecule has 3 aliphatic heterocycles. The maximum atomic E-state index is 14.2. The quantitative estimate of drug-likeness (QED) is 0.721. The van der Waals surface area contributed by atoms with Crippen LogP contribution in [0.3, 0.4) is 0 Å². The summed E-state index contributed by atoms with van der Waals surface area (Å²) in [5.41, 5.74) is -1.20. The average Bonchev–Trinajstić information content (AvgIpc) is 2.93. The van der Waals surface area contributed by atoms with Crippen molar-refractivity contribution in [1.82, 2.24) is 15.1 Å². The molecule has 1 aromatic rings. The van der Waals surface area contributed by atoms with Crippen LogP contribution < -0.4 is 5.32 Å². The lowest BCUT2D eigenvalue weighted by atomic mass is 9.56. The van der Waals surface area contributed by atoms with Crippen molar-refractivity contribution in [2.24, 2.45) is 5.41 Å². The minimum absolute atomic E-state index is 0.0668. The van der Waals surface area contributed by atoms with Crippen LogP contribution in [0.4, 0.5) is 27.2 Å².